The van der Waals surface area contributed by atoms with Crippen LogP contribution in [-0.4, -0.2) is 32.2 Å². The van der Waals surface area contributed by atoms with Crippen molar-refractivity contribution in [2.24, 2.45) is 0 Å². The molecule has 3 aromatic heterocycles. The molecule has 7 heteroatoms. The molecule has 1 N–H and O–H groups in total. The van der Waals surface area contributed by atoms with Crippen LogP contribution in [-0.2, 0) is 17.8 Å². The molecular formula is C21H19N3O4. The third-order valence-corrected chi connectivity index (χ3v) is 4.50. The molecule has 0 fully saturated rings. The van der Waals surface area contributed by atoms with E-state index in [1.54, 1.807) is 6.20 Å². The van der Waals surface area contributed by atoms with Gasteiger partial charge < -0.3 is 18.8 Å². The lowest BCUT2D eigenvalue weighted by molar-refractivity contribution is -0.139. The van der Waals surface area contributed by atoms with Crippen LogP contribution in [0.2, 0.25) is 0 Å². The number of carbonyl (C=O) groups is 1. The SMILES string of the molecule is Cc1oc(-c2ccccc2)nc1CCn1ccc2c(OCC(=O)O)nccc21. The second kappa shape index (κ2) is 7.56. The first-order valence-electron chi connectivity index (χ1n) is 8.92. The number of carboxylic acid groups (broad SMARTS) is 1. The molecule has 0 amide bonds. The van der Waals surface area contributed by atoms with Crippen molar-refractivity contribution in [2.75, 3.05) is 6.61 Å². The van der Waals surface area contributed by atoms with Crippen LogP contribution in [0, 0.1) is 6.92 Å². The van der Waals surface area contributed by atoms with Crippen LogP contribution < -0.4 is 4.74 Å². The van der Waals surface area contributed by atoms with E-state index in [0.717, 1.165) is 27.9 Å². The number of aromatic nitrogens is 3. The number of aryl methyl sites for hydroxylation is 3. The summed E-state index contributed by atoms with van der Waals surface area (Å²) in [6.07, 6.45) is 4.26. The van der Waals surface area contributed by atoms with Crippen molar-refractivity contribution in [3.63, 3.8) is 0 Å². The van der Waals surface area contributed by atoms with Crippen LogP contribution in [0.3, 0.4) is 0 Å². The topological polar surface area (TPSA) is 90.4 Å². The van der Waals surface area contributed by atoms with Crippen LogP contribution in [0.4, 0.5) is 0 Å². The quantitative estimate of drug-likeness (QED) is 0.528. The minimum atomic E-state index is -1.03. The summed E-state index contributed by atoms with van der Waals surface area (Å²) in [5.74, 6) is 0.720. The number of fused-ring (bicyclic) bond motifs is 1. The Kier molecular flexibility index (Phi) is 4.80. The zero-order valence-electron chi connectivity index (χ0n) is 15.3. The van der Waals surface area contributed by atoms with Crippen molar-refractivity contribution in [3.8, 4) is 17.3 Å². The molecule has 0 radical (unpaired) electrons. The lowest BCUT2D eigenvalue weighted by Gasteiger charge is -2.06. The van der Waals surface area contributed by atoms with E-state index in [4.69, 9.17) is 14.3 Å². The molecule has 0 unspecified atom stereocenters. The van der Waals surface area contributed by atoms with Gasteiger partial charge in [0.1, 0.15) is 5.76 Å². The largest absolute Gasteiger partial charge is 0.479 e. The number of hydrogen-bond donors (Lipinski definition) is 1. The van der Waals surface area contributed by atoms with E-state index >= 15 is 0 Å². The number of benzene rings is 1. The van der Waals surface area contributed by atoms with Gasteiger partial charge in [-0.3, -0.25) is 0 Å². The van der Waals surface area contributed by atoms with Crippen molar-refractivity contribution in [1.82, 2.24) is 14.5 Å². The molecule has 1 aromatic carbocycles. The Bertz CT molecular complexity index is 1120. The van der Waals surface area contributed by atoms with Gasteiger partial charge in [0.25, 0.3) is 0 Å². The van der Waals surface area contributed by atoms with Crippen molar-refractivity contribution < 1.29 is 19.1 Å². The minimum absolute atomic E-state index is 0.322. The van der Waals surface area contributed by atoms with Crippen LogP contribution >= 0.6 is 0 Å². The van der Waals surface area contributed by atoms with Gasteiger partial charge in [0, 0.05) is 30.9 Å². The fourth-order valence-electron chi connectivity index (χ4n) is 3.13. The van der Waals surface area contributed by atoms with Crippen molar-refractivity contribution >= 4 is 16.9 Å². The Labute approximate surface area is 161 Å². The van der Waals surface area contributed by atoms with E-state index in [9.17, 15) is 4.79 Å². The lowest BCUT2D eigenvalue weighted by Crippen LogP contribution is -2.10. The highest BCUT2D eigenvalue weighted by molar-refractivity contribution is 5.85. The maximum Gasteiger partial charge on any atom is 0.341 e. The van der Waals surface area contributed by atoms with Gasteiger partial charge in [-0.05, 0) is 31.2 Å². The Morgan fingerprint density at radius 2 is 2.04 bits per heavy atom. The van der Waals surface area contributed by atoms with Gasteiger partial charge in [-0.1, -0.05) is 18.2 Å². The molecule has 4 aromatic rings. The van der Waals surface area contributed by atoms with E-state index < -0.39 is 12.6 Å². The summed E-state index contributed by atoms with van der Waals surface area (Å²) in [4.78, 5) is 19.5. The van der Waals surface area contributed by atoms with Crippen molar-refractivity contribution in [1.29, 1.82) is 0 Å². The molecule has 3 heterocycles. The molecule has 142 valence electrons. The fourth-order valence-corrected chi connectivity index (χ4v) is 3.13. The summed E-state index contributed by atoms with van der Waals surface area (Å²) in [6, 6.07) is 13.6. The molecule has 28 heavy (non-hydrogen) atoms. The predicted octanol–water partition coefficient (Wildman–Crippen LogP) is 3.71. The smallest absolute Gasteiger partial charge is 0.341 e. The average molecular weight is 377 g/mol. The van der Waals surface area contributed by atoms with Gasteiger partial charge in [-0.25, -0.2) is 14.8 Å². The first-order chi connectivity index (χ1) is 13.6. The molecule has 0 aliphatic rings. The average Bonchev–Trinajstić information content (AvgIpc) is 3.29. The van der Waals surface area contributed by atoms with Gasteiger partial charge in [0.05, 0.1) is 16.6 Å². The second-order valence-electron chi connectivity index (χ2n) is 6.38. The maximum absolute atomic E-state index is 10.7. The zero-order valence-corrected chi connectivity index (χ0v) is 15.3. The van der Waals surface area contributed by atoms with Gasteiger partial charge in [-0.15, -0.1) is 0 Å². The Morgan fingerprint density at radius 3 is 2.82 bits per heavy atom. The fraction of sp³-hybridized carbons (Fsp3) is 0.190. The summed E-state index contributed by atoms with van der Waals surface area (Å²) in [7, 11) is 0. The number of pyridine rings is 1. The summed E-state index contributed by atoms with van der Waals surface area (Å²) >= 11 is 0. The van der Waals surface area contributed by atoms with Gasteiger partial charge in [0.15, 0.2) is 6.61 Å². The van der Waals surface area contributed by atoms with Crippen molar-refractivity contribution in [3.05, 3.63) is 66.3 Å². The standard InChI is InChI=1S/C21H19N3O4/c1-14-17(23-20(28-14)15-5-3-2-4-6-15)9-12-24-11-8-16-18(24)7-10-22-21(16)27-13-19(25)26/h2-8,10-11H,9,12-13H2,1H3,(H,25,26). The normalized spacial score (nSPS) is 11.0. The monoisotopic (exact) mass is 377 g/mol. The van der Waals surface area contributed by atoms with Crippen LogP contribution in [0.15, 0.2) is 59.3 Å². The van der Waals surface area contributed by atoms with Gasteiger partial charge in [-0.2, -0.15) is 0 Å². The van der Waals surface area contributed by atoms with E-state index in [1.807, 2.05) is 55.6 Å². The maximum atomic E-state index is 10.7. The number of nitrogens with zero attached hydrogens (tertiary/aromatic N) is 3. The molecule has 7 nitrogen and oxygen atoms in total. The number of ether oxygens (including phenoxy) is 1. The van der Waals surface area contributed by atoms with Crippen LogP contribution in [0.1, 0.15) is 11.5 Å². The third-order valence-electron chi connectivity index (χ3n) is 4.50. The Hall–Kier alpha value is -3.61. The Morgan fingerprint density at radius 1 is 1.21 bits per heavy atom. The van der Waals surface area contributed by atoms with Gasteiger partial charge >= 0.3 is 5.97 Å². The zero-order chi connectivity index (χ0) is 19.5. The number of hydrogen-bond acceptors (Lipinski definition) is 5. The van der Waals surface area contributed by atoms with Crippen LogP contribution in [0.25, 0.3) is 22.4 Å². The number of carboxylic acids is 1. The van der Waals surface area contributed by atoms with Crippen molar-refractivity contribution in [2.45, 2.75) is 19.9 Å². The van der Waals surface area contributed by atoms with E-state index in [1.165, 1.54) is 0 Å². The van der Waals surface area contributed by atoms with E-state index in [2.05, 4.69) is 14.5 Å². The molecule has 0 saturated heterocycles. The van der Waals surface area contributed by atoms with Gasteiger partial charge in [0.2, 0.25) is 11.8 Å². The highest BCUT2D eigenvalue weighted by atomic mass is 16.5. The second-order valence-corrected chi connectivity index (χ2v) is 6.38. The first-order valence-corrected chi connectivity index (χ1v) is 8.92. The molecule has 0 spiro atoms. The third kappa shape index (κ3) is 3.59. The molecule has 0 aliphatic carbocycles. The summed E-state index contributed by atoms with van der Waals surface area (Å²) in [5.41, 5.74) is 2.80. The predicted molar refractivity (Wildman–Crippen MR) is 103 cm³/mol. The van der Waals surface area contributed by atoms with E-state index in [0.29, 0.717) is 24.7 Å². The van der Waals surface area contributed by atoms with Crippen LogP contribution in [0.5, 0.6) is 5.88 Å². The lowest BCUT2D eigenvalue weighted by atomic mass is 10.2. The summed E-state index contributed by atoms with van der Waals surface area (Å²) in [6.45, 7) is 2.20. The molecule has 0 saturated carbocycles. The summed E-state index contributed by atoms with van der Waals surface area (Å²) in [5, 5.41) is 9.58. The molecule has 4 rings (SSSR count). The molecule has 0 aliphatic heterocycles. The number of aliphatic carboxylic acids is 1. The molecule has 0 atom stereocenters. The highest BCUT2D eigenvalue weighted by Gasteiger charge is 2.13. The highest BCUT2D eigenvalue weighted by Crippen LogP contribution is 2.25. The molecule has 0 bridgehead atoms. The number of rotatable bonds is 7. The summed E-state index contributed by atoms with van der Waals surface area (Å²) < 4.78 is 13.2. The van der Waals surface area contributed by atoms with E-state index in [-0.39, 0.29) is 0 Å². The minimum Gasteiger partial charge on any atom is -0.479 e. The first kappa shape index (κ1) is 17.8. The number of oxazole rings is 1. The Balaban J connectivity index is 1.53. The molecular weight excluding hydrogens is 358 g/mol.